The zero-order valence-electron chi connectivity index (χ0n) is 11.7. The first-order valence-electron chi connectivity index (χ1n) is 6.98. The Labute approximate surface area is 119 Å². The monoisotopic (exact) mass is 268 g/mol. The molecule has 0 amide bonds. The van der Waals surface area contributed by atoms with E-state index in [9.17, 15) is 0 Å². The molecule has 3 heteroatoms. The lowest BCUT2D eigenvalue weighted by Gasteiger charge is -2.23. The largest absolute Gasteiger partial charge is 0.497 e. The second-order valence-corrected chi connectivity index (χ2v) is 5.35. The van der Waals surface area contributed by atoms with Crippen LogP contribution in [0.5, 0.6) is 5.75 Å². The fourth-order valence-corrected chi connectivity index (χ4v) is 3.14. The van der Waals surface area contributed by atoms with Gasteiger partial charge in [0.1, 0.15) is 5.75 Å². The van der Waals surface area contributed by atoms with Gasteiger partial charge in [-0.2, -0.15) is 0 Å². The lowest BCUT2D eigenvalue weighted by atomic mass is 9.91. The van der Waals surface area contributed by atoms with Crippen LogP contribution >= 0.6 is 0 Å². The molecule has 0 saturated heterocycles. The number of rotatable bonds is 4. The summed E-state index contributed by atoms with van der Waals surface area (Å²) in [6.07, 6.45) is 2.16. The average molecular weight is 268 g/mol. The Hall–Kier alpha value is -1.84. The number of methoxy groups -OCH3 is 1. The highest BCUT2D eigenvalue weighted by molar-refractivity contribution is 5.35. The third kappa shape index (κ3) is 2.42. The summed E-state index contributed by atoms with van der Waals surface area (Å²) in [5.74, 6) is 7.19. The maximum absolute atomic E-state index is 5.81. The van der Waals surface area contributed by atoms with Crippen LogP contribution in [-0.4, -0.2) is 7.11 Å². The number of ether oxygens (including phenoxy) is 1. The van der Waals surface area contributed by atoms with Crippen LogP contribution in [0.25, 0.3) is 0 Å². The van der Waals surface area contributed by atoms with Crippen LogP contribution in [0.2, 0.25) is 0 Å². The number of nitrogens with two attached hydrogens (primary N) is 1. The molecule has 0 aromatic heterocycles. The molecule has 3 N–H and O–H groups in total. The summed E-state index contributed by atoms with van der Waals surface area (Å²) in [6, 6.07) is 17.0. The van der Waals surface area contributed by atoms with E-state index in [0.29, 0.717) is 5.92 Å². The minimum absolute atomic E-state index is 0.174. The number of hydrogen-bond donors (Lipinski definition) is 2. The smallest absolute Gasteiger partial charge is 0.118 e. The first-order chi connectivity index (χ1) is 9.81. The Balaban J connectivity index is 1.81. The Kier molecular flexibility index (Phi) is 3.72. The van der Waals surface area contributed by atoms with Crippen molar-refractivity contribution in [3.63, 3.8) is 0 Å². The van der Waals surface area contributed by atoms with Gasteiger partial charge >= 0.3 is 0 Å². The Morgan fingerprint density at radius 3 is 2.15 bits per heavy atom. The summed E-state index contributed by atoms with van der Waals surface area (Å²) >= 11 is 0. The van der Waals surface area contributed by atoms with Crippen LogP contribution in [0.1, 0.15) is 22.7 Å². The van der Waals surface area contributed by atoms with E-state index < -0.39 is 0 Å². The van der Waals surface area contributed by atoms with Gasteiger partial charge in [-0.25, -0.2) is 0 Å². The average Bonchev–Trinajstić information content (AvgIpc) is 2.92. The van der Waals surface area contributed by atoms with Gasteiger partial charge in [0, 0.05) is 6.04 Å². The van der Waals surface area contributed by atoms with Crippen LogP contribution in [0.3, 0.4) is 0 Å². The molecule has 2 aromatic rings. The summed E-state index contributed by atoms with van der Waals surface area (Å²) in [4.78, 5) is 0. The minimum Gasteiger partial charge on any atom is -0.497 e. The van der Waals surface area contributed by atoms with Crippen LogP contribution < -0.4 is 16.0 Å². The molecule has 0 aliphatic heterocycles. The third-order valence-electron chi connectivity index (χ3n) is 4.21. The molecule has 1 aliphatic carbocycles. The Morgan fingerprint density at radius 1 is 1.05 bits per heavy atom. The molecule has 0 radical (unpaired) electrons. The van der Waals surface area contributed by atoms with Crippen molar-refractivity contribution in [1.29, 1.82) is 0 Å². The highest BCUT2D eigenvalue weighted by Gasteiger charge is 2.28. The summed E-state index contributed by atoms with van der Waals surface area (Å²) in [5, 5.41) is 0. The Morgan fingerprint density at radius 2 is 1.65 bits per heavy atom. The van der Waals surface area contributed by atoms with E-state index >= 15 is 0 Å². The van der Waals surface area contributed by atoms with Gasteiger partial charge in [0.2, 0.25) is 0 Å². The van der Waals surface area contributed by atoms with Crippen molar-refractivity contribution in [2.45, 2.75) is 18.9 Å². The van der Waals surface area contributed by atoms with E-state index in [1.165, 1.54) is 16.7 Å². The molecular weight excluding hydrogens is 248 g/mol. The van der Waals surface area contributed by atoms with Gasteiger partial charge in [-0.3, -0.25) is 11.3 Å². The summed E-state index contributed by atoms with van der Waals surface area (Å²) in [5.41, 5.74) is 7.11. The predicted molar refractivity (Wildman–Crippen MR) is 80.4 cm³/mol. The van der Waals surface area contributed by atoms with Crippen molar-refractivity contribution in [2.24, 2.45) is 11.8 Å². The predicted octanol–water partition coefficient (Wildman–Crippen LogP) is 2.61. The van der Waals surface area contributed by atoms with E-state index in [1.54, 1.807) is 7.11 Å². The molecule has 0 fully saturated rings. The van der Waals surface area contributed by atoms with Crippen LogP contribution in [0.15, 0.2) is 48.5 Å². The second kappa shape index (κ2) is 5.65. The standard InChI is InChI=1S/C17H20N2O/c1-20-16-8-6-12(7-9-16)17(19-18)15-10-13-4-2-3-5-14(13)11-15/h2-9,15,17,19H,10-11,18H2,1H3. The number of fused-ring (bicyclic) bond motifs is 1. The quantitative estimate of drug-likeness (QED) is 0.662. The van der Waals surface area contributed by atoms with Gasteiger partial charge in [-0.15, -0.1) is 0 Å². The fraction of sp³-hybridized carbons (Fsp3) is 0.294. The molecule has 1 atom stereocenters. The van der Waals surface area contributed by atoms with E-state index in [1.807, 2.05) is 12.1 Å². The van der Waals surface area contributed by atoms with Gasteiger partial charge in [0.15, 0.2) is 0 Å². The van der Waals surface area contributed by atoms with Crippen molar-refractivity contribution < 1.29 is 4.74 Å². The first kappa shape index (κ1) is 13.2. The molecule has 20 heavy (non-hydrogen) atoms. The minimum atomic E-state index is 0.174. The normalized spacial score (nSPS) is 15.9. The van der Waals surface area contributed by atoms with Gasteiger partial charge < -0.3 is 4.74 Å². The second-order valence-electron chi connectivity index (χ2n) is 5.35. The summed E-state index contributed by atoms with van der Waals surface area (Å²) in [6.45, 7) is 0. The van der Waals surface area contributed by atoms with Gasteiger partial charge in [-0.1, -0.05) is 36.4 Å². The first-order valence-corrected chi connectivity index (χ1v) is 6.98. The van der Waals surface area contributed by atoms with Crippen molar-refractivity contribution in [3.05, 3.63) is 65.2 Å². The van der Waals surface area contributed by atoms with Crippen molar-refractivity contribution in [3.8, 4) is 5.75 Å². The molecule has 0 bridgehead atoms. The number of hydrogen-bond acceptors (Lipinski definition) is 3. The molecule has 3 rings (SSSR count). The van der Waals surface area contributed by atoms with E-state index in [-0.39, 0.29) is 6.04 Å². The Bertz CT molecular complexity index is 555. The SMILES string of the molecule is COc1ccc(C(NN)C2Cc3ccccc3C2)cc1. The zero-order chi connectivity index (χ0) is 13.9. The molecule has 0 saturated carbocycles. The van der Waals surface area contributed by atoms with Gasteiger partial charge in [-0.05, 0) is 47.6 Å². The third-order valence-corrected chi connectivity index (χ3v) is 4.21. The van der Waals surface area contributed by atoms with Crippen LogP contribution in [0, 0.1) is 5.92 Å². The number of nitrogens with one attached hydrogen (secondary N) is 1. The van der Waals surface area contributed by atoms with Crippen LogP contribution in [0.4, 0.5) is 0 Å². The van der Waals surface area contributed by atoms with E-state index in [4.69, 9.17) is 10.6 Å². The van der Waals surface area contributed by atoms with E-state index in [0.717, 1.165) is 18.6 Å². The van der Waals surface area contributed by atoms with Crippen molar-refractivity contribution >= 4 is 0 Å². The summed E-state index contributed by atoms with van der Waals surface area (Å²) < 4.78 is 5.21. The maximum Gasteiger partial charge on any atom is 0.118 e. The molecule has 2 aromatic carbocycles. The number of hydrazine groups is 1. The molecule has 0 spiro atoms. The molecule has 104 valence electrons. The van der Waals surface area contributed by atoms with E-state index in [2.05, 4.69) is 41.8 Å². The molecule has 3 nitrogen and oxygen atoms in total. The van der Waals surface area contributed by atoms with Crippen molar-refractivity contribution in [1.82, 2.24) is 5.43 Å². The topological polar surface area (TPSA) is 47.3 Å². The highest BCUT2D eigenvalue weighted by atomic mass is 16.5. The number of benzene rings is 2. The lowest BCUT2D eigenvalue weighted by molar-refractivity contribution is 0.378. The molecule has 0 heterocycles. The molecule has 1 aliphatic rings. The van der Waals surface area contributed by atoms with Crippen LogP contribution in [-0.2, 0) is 12.8 Å². The van der Waals surface area contributed by atoms with Gasteiger partial charge in [0.25, 0.3) is 0 Å². The molecular formula is C17H20N2O. The van der Waals surface area contributed by atoms with Gasteiger partial charge in [0.05, 0.1) is 7.11 Å². The highest BCUT2D eigenvalue weighted by Crippen LogP contribution is 2.35. The fourth-order valence-electron chi connectivity index (χ4n) is 3.14. The molecule has 1 unspecified atom stereocenters. The summed E-state index contributed by atoms with van der Waals surface area (Å²) in [7, 11) is 1.68. The lowest BCUT2D eigenvalue weighted by Crippen LogP contribution is -2.34. The van der Waals surface area contributed by atoms with Crippen molar-refractivity contribution in [2.75, 3.05) is 7.11 Å². The zero-order valence-corrected chi connectivity index (χ0v) is 11.7. The maximum atomic E-state index is 5.81.